The van der Waals surface area contributed by atoms with Gasteiger partial charge in [-0.25, -0.2) is 0 Å². The van der Waals surface area contributed by atoms with Gasteiger partial charge in [-0.15, -0.1) is 0 Å². The second kappa shape index (κ2) is 13.4. The number of anilines is 2. The molecule has 1 fully saturated rings. The van der Waals surface area contributed by atoms with Crippen LogP contribution >= 0.6 is 0 Å². The van der Waals surface area contributed by atoms with Crippen molar-refractivity contribution in [2.75, 3.05) is 4.90 Å². The second-order valence-electron chi connectivity index (χ2n) is 12.2. The van der Waals surface area contributed by atoms with Crippen molar-refractivity contribution >= 4 is 22.1 Å². The standard InChI is InChI=1S/C39H45N/c1(2-4-8-18-33-29-31-27-28-34(33)30-31)3-5-13-26-39(38-25-16-19-32-17-14-15-24-37(32)38)40(35-20-9-6-10-21-35)36-22-11-7-12-23-36/h6-7,9-12,14-17,19-25,27-28,31,33-34,39H,1-5,8,13,18,26,29-30H2. The van der Waals surface area contributed by atoms with Gasteiger partial charge in [0.05, 0.1) is 6.04 Å². The normalized spacial score (nSPS) is 20.2. The van der Waals surface area contributed by atoms with E-state index in [1.54, 1.807) is 0 Å². The molecule has 1 nitrogen and oxygen atoms in total. The van der Waals surface area contributed by atoms with E-state index in [0.717, 1.165) is 24.2 Å². The van der Waals surface area contributed by atoms with Crippen LogP contribution in [0.1, 0.15) is 82.2 Å². The Balaban J connectivity index is 1.10. The molecule has 4 aromatic rings. The van der Waals surface area contributed by atoms with Crippen LogP contribution in [0.3, 0.4) is 0 Å². The number of rotatable bonds is 14. The van der Waals surface area contributed by atoms with Crippen molar-refractivity contribution in [3.05, 3.63) is 121 Å². The second-order valence-corrected chi connectivity index (χ2v) is 12.2. The van der Waals surface area contributed by atoms with Gasteiger partial charge in [0.25, 0.3) is 0 Å². The molecule has 1 saturated carbocycles. The highest BCUT2D eigenvalue weighted by Crippen LogP contribution is 2.45. The Morgan fingerprint density at radius 1 is 0.575 bits per heavy atom. The maximum atomic E-state index is 2.58. The quantitative estimate of drug-likeness (QED) is 0.116. The van der Waals surface area contributed by atoms with Gasteiger partial charge in [0.15, 0.2) is 0 Å². The summed E-state index contributed by atoms with van der Waals surface area (Å²) in [4.78, 5) is 2.58. The maximum Gasteiger partial charge on any atom is 0.0597 e. The van der Waals surface area contributed by atoms with Gasteiger partial charge in [0.1, 0.15) is 0 Å². The highest BCUT2D eigenvalue weighted by molar-refractivity contribution is 5.87. The summed E-state index contributed by atoms with van der Waals surface area (Å²) in [7, 11) is 0. The Labute approximate surface area is 241 Å². The molecule has 0 N–H and O–H groups in total. The number of benzene rings is 4. The van der Waals surface area contributed by atoms with Gasteiger partial charge in [0, 0.05) is 11.4 Å². The van der Waals surface area contributed by atoms with Crippen molar-refractivity contribution in [3.8, 4) is 0 Å². The molecule has 2 aliphatic carbocycles. The molecule has 6 rings (SSSR count). The number of para-hydroxylation sites is 2. The van der Waals surface area contributed by atoms with Gasteiger partial charge < -0.3 is 4.90 Å². The number of hydrogen-bond donors (Lipinski definition) is 0. The number of unbranched alkanes of at least 4 members (excludes halogenated alkanes) is 6. The van der Waals surface area contributed by atoms with E-state index in [1.807, 2.05) is 0 Å². The molecule has 0 aromatic heterocycles. The average molecular weight is 528 g/mol. The van der Waals surface area contributed by atoms with Crippen LogP contribution < -0.4 is 4.90 Å². The zero-order valence-electron chi connectivity index (χ0n) is 24.0. The van der Waals surface area contributed by atoms with Crippen LogP contribution in [0.2, 0.25) is 0 Å². The molecule has 4 atom stereocenters. The van der Waals surface area contributed by atoms with E-state index in [4.69, 9.17) is 0 Å². The van der Waals surface area contributed by atoms with Crippen LogP contribution in [-0.4, -0.2) is 0 Å². The Kier molecular flexibility index (Phi) is 8.98. The summed E-state index contributed by atoms with van der Waals surface area (Å²) in [6.45, 7) is 0. The molecule has 4 aromatic carbocycles. The summed E-state index contributed by atoms with van der Waals surface area (Å²) < 4.78 is 0. The Morgan fingerprint density at radius 3 is 1.88 bits per heavy atom. The lowest BCUT2D eigenvalue weighted by atomic mass is 9.88. The lowest BCUT2D eigenvalue weighted by Crippen LogP contribution is -2.24. The molecule has 4 unspecified atom stereocenters. The minimum absolute atomic E-state index is 0.284. The van der Waals surface area contributed by atoms with E-state index < -0.39 is 0 Å². The highest BCUT2D eigenvalue weighted by atomic mass is 15.2. The van der Waals surface area contributed by atoms with Crippen LogP contribution in [-0.2, 0) is 0 Å². The molecule has 0 amide bonds. The molecule has 2 bridgehead atoms. The molecular weight excluding hydrogens is 482 g/mol. The number of hydrogen-bond acceptors (Lipinski definition) is 1. The zero-order valence-corrected chi connectivity index (χ0v) is 24.0. The van der Waals surface area contributed by atoms with Gasteiger partial charge in [-0.2, -0.15) is 0 Å². The van der Waals surface area contributed by atoms with Crippen LogP contribution in [0.5, 0.6) is 0 Å². The molecule has 0 heterocycles. The van der Waals surface area contributed by atoms with Crippen LogP contribution in [0.4, 0.5) is 11.4 Å². The highest BCUT2D eigenvalue weighted by Gasteiger charge is 2.34. The summed E-state index contributed by atoms with van der Waals surface area (Å²) in [5, 5.41) is 2.70. The minimum Gasteiger partial charge on any atom is -0.334 e. The third-order valence-electron chi connectivity index (χ3n) is 9.53. The molecule has 40 heavy (non-hydrogen) atoms. The number of fused-ring (bicyclic) bond motifs is 3. The van der Waals surface area contributed by atoms with Crippen molar-refractivity contribution in [2.45, 2.75) is 76.7 Å². The lowest BCUT2D eigenvalue weighted by Gasteiger charge is -2.35. The predicted molar refractivity (Wildman–Crippen MR) is 172 cm³/mol. The van der Waals surface area contributed by atoms with Crippen LogP contribution in [0.25, 0.3) is 10.8 Å². The smallest absolute Gasteiger partial charge is 0.0597 e. The molecule has 0 spiro atoms. The molecule has 1 heteroatoms. The molecular formula is C39H45N. The van der Waals surface area contributed by atoms with Gasteiger partial charge in [-0.05, 0) is 84.0 Å². The van der Waals surface area contributed by atoms with Gasteiger partial charge in [-0.3, -0.25) is 0 Å². The fourth-order valence-electron chi connectivity index (χ4n) is 7.51. The van der Waals surface area contributed by atoms with E-state index in [1.165, 1.54) is 91.9 Å². The fraction of sp³-hybridized carbons (Fsp3) is 0.385. The van der Waals surface area contributed by atoms with E-state index in [9.17, 15) is 0 Å². The lowest BCUT2D eigenvalue weighted by molar-refractivity contribution is 0.393. The first kappa shape index (κ1) is 26.9. The van der Waals surface area contributed by atoms with Crippen molar-refractivity contribution in [2.24, 2.45) is 17.8 Å². The van der Waals surface area contributed by atoms with Gasteiger partial charge in [-0.1, -0.05) is 136 Å². The first-order chi connectivity index (χ1) is 19.9. The molecule has 2 aliphatic rings. The van der Waals surface area contributed by atoms with Crippen LogP contribution in [0, 0.1) is 17.8 Å². The Bertz CT molecular complexity index is 1310. The summed E-state index contributed by atoms with van der Waals surface area (Å²) in [5.74, 6) is 2.84. The maximum absolute atomic E-state index is 2.58. The van der Waals surface area contributed by atoms with Crippen molar-refractivity contribution in [1.82, 2.24) is 0 Å². The zero-order chi connectivity index (χ0) is 27.0. The van der Waals surface area contributed by atoms with Crippen molar-refractivity contribution in [3.63, 3.8) is 0 Å². The first-order valence-corrected chi connectivity index (χ1v) is 15.9. The van der Waals surface area contributed by atoms with E-state index in [-0.39, 0.29) is 6.04 Å². The minimum atomic E-state index is 0.284. The largest absolute Gasteiger partial charge is 0.334 e. The van der Waals surface area contributed by atoms with E-state index in [2.05, 4.69) is 120 Å². The topological polar surface area (TPSA) is 3.24 Å². The van der Waals surface area contributed by atoms with Crippen LogP contribution in [0.15, 0.2) is 115 Å². The van der Waals surface area contributed by atoms with Crippen molar-refractivity contribution < 1.29 is 0 Å². The number of allylic oxidation sites excluding steroid dienone is 2. The molecule has 0 saturated heterocycles. The summed E-state index contributed by atoms with van der Waals surface area (Å²) in [6.07, 6.45) is 20.1. The van der Waals surface area contributed by atoms with Crippen molar-refractivity contribution in [1.29, 1.82) is 0 Å². The Hall–Kier alpha value is -3.32. The molecule has 206 valence electrons. The molecule has 0 aliphatic heterocycles. The molecule has 0 radical (unpaired) electrons. The average Bonchev–Trinajstić information content (AvgIpc) is 3.64. The number of nitrogens with zero attached hydrogens (tertiary/aromatic N) is 1. The first-order valence-electron chi connectivity index (χ1n) is 15.9. The van der Waals surface area contributed by atoms with E-state index in [0.29, 0.717) is 0 Å². The third kappa shape index (κ3) is 6.35. The summed E-state index contributed by atoms with van der Waals surface area (Å²) >= 11 is 0. The fourth-order valence-corrected chi connectivity index (χ4v) is 7.51. The monoisotopic (exact) mass is 527 g/mol. The van der Waals surface area contributed by atoms with E-state index >= 15 is 0 Å². The predicted octanol–water partition coefficient (Wildman–Crippen LogP) is 11.4. The van der Waals surface area contributed by atoms with Gasteiger partial charge in [0.2, 0.25) is 0 Å². The summed E-state index contributed by atoms with van der Waals surface area (Å²) in [6, 6.07) is 38.0. The Morgan fingerprint density at radius 2 is 1.20 bits per heavy atom. The summed E-state index contributed by atoms with van der Waals surface area (Å²) in [5.41, 5.74) is 3.96. The van der Waals surface area contributed by atoms with Gasteiger partial charge >= 0.3 is 0 Å². The third-order valence-corrected chi connectivity index (χ3v) is 9.53. The SMILES string of the molecule is C1=CC2CC1CC2CCCCCCCCCC(c1cccc2ccccc12)N(c1ccccc1)c1ccccc1.